The van der Waals surface area contributed by atoms with E-state index in [1.807, 2.05) is 12.1 Å². The number of nitrogens with one attached hydrogen (secondary N) is 1. The van der Waals surface area contributed by atoms with Gasteiger partial charge in [0.2, 0.25) is 5.91 Å². The molecule has 0 aromatic heterocycles. The minimum atomic E-state index is -0.0630. The van der Waals surface area contributed by atoms with Crippen LogP contribution in [0.15, 0.2) is 24.3 Å². The summed E-state index contributed by atoms with van der Waals surface area (Å²) in [5.74, 6) is 0.502. The van der Waals surface area contributed by atoms with E-state index in [9.17, 15) is 9.59 Å². The zero-order valence-corrected chi connectivity index (χ0v) is 15.4. The van der Waals surface area contributed by atoms with Crippen LogP contribution in [0.5, 0.6) is 5.75 Å². The first-order chi connectivity index (χ1) is 12.1. The summed E-state index contributed by atoms with van der Waals surface area (Å²) < 4.78 is 5.50. The topological polar surface area (TPSA) is 61.9 Å². The summed E-state index contributed by atoms with van der Waals surface area (Å²) in [6.07, 6.45) is 2.07. The zero-order valence-electron chi connectivity index (χ0n) is 14.7. The van der Waals surface area contributed by atoms with Gasteiger partial charge >= 0.3 is 0 Å². The first kappa shape index (κ1) is 19.5. The van der Waals surface area contributed by atoms with E-state index in [2.05, 4.69) is 17.1 Å². The Kier molecular flexibility index (Phi) is 8.01. The van der Waals surface area contributed by atoms with Gasteiger partial charge in [-0.1, -0.05) is 37.1 Å². The number of carbonyl (C=O) groups is 2. The van der Waals surface area contributed by atoms with E-state index in [0.717, 1.165) is 19.4 Å². The fourth-order valence-electron chi connectivity index (χ4n) is 2.61. The summed E-state index contributed by atoms with van der Waals surface area (Å²) in [6.45, 7) is 5.78. The maximum atomic E-state index is 12.2. The Labute approximate surface area is 154 Å². The largest absolute Gasteiger partial charge is 0.482 e. The summed E-state index contributed by atoms with van der Waals surface area (Å²) in [4.78, 5) is 27.9. The van der Waals surface area contributed by atoms with Crippen LogP contribution in [0, 0.1) is 0 Å². The van der Waals surface area contributed by atoms with Crippen LogP contribution in [0.2, 0.25) is 5.02 Å². The van der Waals surface area contributed by atoms with E-state index in [1.165, 1.54) is 0 Å². The highest BCUT2D eigenvalue weighted by Gasteiger charge is 2.22. The van der Waals surface area contributed by atoms with Gasteiger partial charge in [-0.15, -0.1) is 0 Å². The number of amides is 2. The molecule has 0 saturated carbocycles. The van der Waals surface area contributed by atoms with E-state index < -0.39 is 0 Å². The molecule has 1 fully saturated rings. The number of halogens is 1. The minimum absolute atomic E-state index is 0.0266. The summed E-state index contributed by atoms with van der Waals surface area (Å²) in [6, 6.07) is 7.10. The molecule has 6 nitrogen and oxygen atoms in total. The SMILES string of the molecule is CCCCNC(=O)CN1CCN(C(=O)COc2ccccc2Cl)CC1. The van der Waals surface area contributed by atoms with Gasteiger partial charge in [-0.05, 0) is 18.6 Å². The summed E-state index contributed by atoms with van der Waals surface area (Å²) in [5, 5.41) is 3.41. The van der Waals surface area contributed by atoms with Crippen LogP contribution in [-0.4, -0.2) is 67.5 Å². The predicted octanol–water partition coefficient (Wildman–Crippen LogP) is 1.78. The Morgan fingerprint density at radius 2 is 1.92 bits per heavy atom. The predicted molar refractivity (Wildman–Crippen MR) is 97.9 cm³/mol. The standard InChI is InChI=1S/C18H26ClN3O3/c1-2-3-8-20-17(23)13-21-9-11-22(12-10-21)18(24)14-25-16-7-5-4-6-15(16)19/h4-7H,2-3,8-14H2,1H3,(H,20,23). The average Bonchev–Trinajstić information content (AvgIpc) is 2.61. The third-order valence-corrected chi connectivity index (χ3v) is 4.44. The lowest BCUT2D eigenvalue weighted by Gasteiger charge is -2.34. The minimum Gasteiger partial charge on any atom is -0.482 e. The summed E-state index contributed by atoms with van der Waals surface area (Å²) in [5.41, 5.74) is 0. The molecule has 1 aromatic carbocycles. The number of nitrogens with zero attached hydrogens (tertiary/aromatic N) is 2. The molecule has 1 saturated heterocycles. The molecule has 0 bridgehead atoms. The normalized spacial score (nSPS) is 15.0. The highest BCUT2D eigenvalue weighted by molar-refractivity contribution is 6.32. The van der Waals surface area contributed by atoms with Crippen molar-refractivity contribution in [2.24, 2.45) is 0 Å². The Morgan fingerprint density at radius 1 is 1.20 bits per heavy atom. The molecule has 7 heteroatoms. The molecule has 2 rings (SSSR count). The van der Waals surface area contributed by atoms with Crippen LogP contribution in [0.3, 0.4) is 0 Å². The second-order valence-corrected chi connectivity index (χ2v) is 6.49. The van der Waals surface area contributed by atoms with Crippen molar-refractivity contribution in [2.75, 3.05) is 45.9 Å². The maximum absolute atomic E-state index is 12.2. The zero-order chi connectivity index (χ0) is 18.1. The van der Waals surface area contributed by atoms with E-state index in [-0.39, 0.29) is 18.4 Å². The molecular weight excluding hydrogens is 342 g/mol. The summed E-state index contributed by atoms with van der Waals surface area (Å²) in [7, 11) is 0. The Morgan fingerprint density at radius 3 is 2.60 bits per heavy atom. The average molecular weight is 368 g/mol. The van der Waals surface area contributed by atoms with Gasteiger partial charge in [0.05, 0.1) is 11.6 Å². The Balaban J connectivity index is 1.68. The number of hydrogen-bond donors (Lipinski definition) is 1. The molecule has 0 spiro atoms. The second-order valence-electron chi connectivity index (χ2n) is 6.08. The first-order valence-electron chi connectivity index (χ1n) is 8.74. The van der Waals surface area contributed by atoms with E-state index >= 15 is 0 Å². The van der Waals surface area contributed by atoms with Gasteiger partial charge in [0, 0.05) is 32.7 Å². The molecule has 1 aliphatic rings. The molecule has 0 atom stereocenters. The Bertz CT molecular complexity index is 574. The van der Waals surface area contributed by atoms with Crippen molar-refractivity contribution in [1.29, 1.82) is 0 Å². The molecule has 1 N–H and O–H groups in total. The van der Waals surface area contributed by atoms with Gasteiger partial charge in [-0.25, -0.2) is 0 Å². The second kappa shape index (κ2) is 10.3. The van der Waals surface area contributed by atoms with E-state index in [4.69, 9.17) is 16.3 Å². The van der Waals surface area contributed by atoms with Gasteiger partial charge in [0.25, 0.3) is 5.91 Å². The third kappa shape index (κ3) is 6.55. The number of carbonyl (C=O) groups excluding carboxylic acids is 2. The van der Waals surface area contributed by atoms with Crippen LogP contribution >= 0.6 is 11.6 Å². The number of hydrogen-bond acceptors (Lipinski definition) is 4. The van der Waals surface area contributed by atoms with E-state index in [0.29, 0.717) is 43.5 Å². The van der Waals surface area contributed by atoms with Crippen LogP contribution in [0.1, 0.15) is 19.8 Å². The van der Waals surface area contributed by atoms with Gasteiger partial charge in [-0.3, -0.25) is 14.5 Å². The van der Waals surface area contributed by atoms with Crippen molar-refractivity contribution in [3.8, 4) is 5.75 Å². The van der Waals surface area contributed by atoms with Crippen molar-refractivity contribution in [3.05, 3.63) is 29.3 Å². The quantitative estimate of drug-likeness (QED) is 0.711. The van der Waals surface area contributed by atoms with Crippen LogP contribution in [0.25, 0.3) is 0 Å². The number of rotatable bonds is 8. The molecule has 2 amide bonds. The molecule has 0 radical (unpaired) electrons. The molecule has 1 aliphatic heterocycles. The molecule has 25 heavy (non-hydrogen) atoms. The van der Waals surface area contributed by atoms with Gasteiger partial charge in [0.15, 0.2) is 6.61 Å². The summed E-state index contributed by atoms with van der Waals surface area (Å²) >= 11 is 6.01. The van der Waals surface area contributed by atoms with Crippen LogP contribution in [0.4, 0.5) is 0 Å². The molecule has 0 unspecified atom stereocenters. The number of piperazine rings is 1. The maximum Gasteiger partial charge on any atom is 0.260 e. The Hall–Kier alpha value is -1.79. The highest BCUT2D eigenvalue weighted by atomic mass is 35.5. The monoisotopic (exact) mass is 367 g/mol. The lowest BCUT2D eigenvalue weighted by Crippen LogP contribution is -2.52. The van der Waals surface area contributed by atoms with Crippen molar-refractivity contribution in [3.63, 3.8) is 0 Å². The number of para-hydroxylation sites is 1. The molecule has 1 aromatic rings. The molecule has 1 heterocycles. The molecule has 138 valence electrons. The van der Waals surface area contributed by atoms with Gasteiger partial charge < -0.3 is 15.0 Å². The molecular formula is C18H26ClN3O3. The van der Waals surface area contributed by atoms with E-state index in [1.54, 1.807) is 17.0 Å². The van der Waals surface area contributed by atoms with Crippen molar-refractivity contribution in [2.45, 2.75) is 19.8 Å². The smallest absolute Gasteiger partial charge is 0.260 e. The molecule has 0 aliphatic carbocycles. The lowest BCUT2D eigenvalue weighted by molar-refractivity contribution is -0.135. The van der Waals surface area contributed by atoms with Crippen LogP contribution in [-0.2, 0) is 9.59 Å². The number of ether oxygens (including phenoxy) is 1. The van der Waals surface area contributed by atoms with Crippen molar-refractivity contribution >= 4 is 23.4 Å². The van der Waals surface area contributed by atoms with Crippen LogP contribution < -0.4 is 10.1 Å². The van der Waals surface area contributed by atoms with Crippen molar-refractivity contribution < 1.29 is 14.3 Å². The number of benzene rings is 1. The highest BCUT2D eigenvalue weighted by Crippen LogP contribution is 2.23. The fourth-order valence-corrected chi connectivity index (χ4v) is 2.80. The van der Waals surface area contributed by atoms with Gasteiger partial charge in [0.1, 0.15) is 5.75 Å². The lowest BCUT2D eigenvalue weighted by atomic mass is 10.3. The fraction of sp³-hybridized carbons (Fsp3) is 0.556. The first-order valence-corrected chi connectivity index (χ1v) is 9.12. The van der Waals surface area contributed by atoms with Gasteiger partial charge in [-0.2, -0.15) is 0 Å². The third-order valence-electron chi connectivity index (χ3n) is 4.13. The van der Waals surface area contributed by atoms with Crippen molar-refractivity contribution in [1.82, 2.24) is 15.1 Å². The number of unbranched alkanes of at least 4 members (excludes halogenated alkanes) is 1.